The van der Waals surface area contributed by atoms with Crippen molar-refractivity contribution in [1.82, 2.24) is 19.7 Å². The normalized spacial score (nSPS) is 14.3. The molecule has 0 radical (unpaired) electrons. The summed E-state index contributed by atoms with van der Waals surface area (Å²) >= 11 is 1.72. The number of thioether (sulfide) groups is 1. The summed E-state index contributed by atoms with van der Waals surface area (Å²) in [7, 11) is 0. The summed E-state index contributed by atoms with van der Waals surface area (Å²) in [5.74, 6) is 2.60. The Balaban J connectivity index is 1.15. The number of nitrogens with one attached hydrogen (secondary N) is 1. The first-order valence-corrected chi connectivity index (χ1v) is 11.0. The fraction of sp³-hybridized carbons (Fsp3) is 0.381. The first-order chi connectivity index (χ1) is 14.3. The standard InChI is InChI=1S/C21H25N5O2S/c27-21(6-12-29-16-18-15-26-7-2-1-3-20(26)24-18)23-14-17-4-5-19(22-13-17)25-8-10-28-11-9-25/h1-5,7,13,15H,6,8-12,14,16H2,(H,23,27). The first-order valence-electron chi connectivity index (χ1n) is 9.82. The van der Waals surface area contributed by atoms with Gasteiger partial charge in [-0.2, -0.15) is 11.8 Å². The van der Waals surface area contributed by atoms with E-state index in [1.54, 1.807) is 11.8 Å². The van der Waals surface area contributed by atoms with Crippen LogP contribution in [-0.4, -0.2) is 52.3 Å². The highest BCUT2D eigenvalue weighted by Crippen LogP contribution is 2.14. The van der Waals surface area contributed by atoms with Gasteiger partial charge in [0.25, 0.3) is 0 Å². The molecule has 0 spiro atoms. The second-order valence-corrected chi connectivity index (χ2v) is 8.01. The molecule has 0 saturated carbocycles. The molecule has 1 aliphatic heterocycles. The van der Waals surface area contributed by atoms with Crippen molar-refractivity contribution in [3.63, 3.8) is 0 Å². The van der Waals surface area contributed by atoms with Gasteiger partial charge in [-0.25, -0.2) is 9.97 Å². The molecule has 1 aliphatic rings. The lowest BCUT2D eigenvalue weighted by molar-refractivity contribution is -0.120. The zero-order valence-electron chi connectivity index (χ0n) is 16.3. The van der Waals surface area contributed by atoms with Gasteiger partial charge in [-0.3, -0.25) is 4.79 Å². The van der Waals surface area contributed by atoms with Crippen LogP contribution in [0.2, 0.25) is 0 Å². The Bertz CT molecular complexity index is 905. The number of fused-ring (bicyclic) bond motifs is 1. The fourth-order valence-electron chi connectivity index (χ4n) is 3.19. The van der Waals surface area contributed by atoms with Crippen LogP contribution in [0.1, 0.15) is 17.7 Å². The smallest absolute Gasteiger partial charge is 0.221 e. The zero-order valence-corrected chi connectivity index (χ0v) is 17.1. The summed E-state index contributed by atoms with van der Waals surface area (Å²) in [6.07, 6.45) is 6.36. The third-order valence-electron chi connectivity index (χ3n) is 4.77. The molecule has 0 aromatic carbocycles. The molecule has 0 atom stereocenters. The number of pyridine rings is 2. The molecule has 152 valence electrons. The van der Waals surface area contributed by atoms with Crippen molar-refractivity contribution >= 4 is 29.1 Å². The van der Waals surface area contributed by atoms with Gasteiger partial charge in [0.05, 0.1) is 18.9 Å². The number of anilines is 1. The summed E-state index contributed by atoms with van der Waals surface area (Å²) in [4.78, 5) is 23.4. The molecular formula is C21H25N5O2S. The van der Waals surface area contributed by atoms with E-state index in [2.05, 4.69) is 20.2 Å². The van der Waals surface area contributed by atoms with Crippen molar-refractivity contribution in [2.75, 3.05) is 37.0 Å². The Kier molecular flexibility index (Phi) is 6.63. The second kappa shape index (κ2) is 9.76. The lowest BCUT2D eigenvalue weighted by atomic mass is 10.2. The Hall–Kier alpha value is -2.58. The van der Waals surface area contributed by atoms with E-state index < -0.39 is 0 Å². The van der Waals surface area contributed by atoms with E-state index in [0.717, 1.165) is 60.5 Å². The van der Waals surface area contributed by atoms with Crippen LogP contribution >= 0.6 is 11.8 Å². The Morgan fingerprint density at radius 1 is 1.21 bits per heavy atom. The number of morpholine rings is 1. The molecule has 1 N–H and O–H groups in total. The maximum absolute atomic E-state index is 12.1. The summed E-state index contributed by atoms with van der Waals surface area (Å²) in [5.41, 5.74) is 3.00. The van der Waals surface area contributed by atoms with Crippen molar-refractivity contribution in [1.29, 1.82) is 0 Å². The molecule has 8 heteroatoms. The van der Waals surface area contributed by atoms with Crippen molar-refractivity contribution in [3.8, 4) is 0 Å². The lowest BCUT2D eigenvalue weighted by Crippen LogP contribution is -2.36. The summed E-state index contributed by atoms with van der Waals surface area (Å²) < 4.78 is 7.38. The number of hydrogen-bond donors (Lipinski definition) is 1. The van der Waals surface area contributed by atoms with Crippen LogP contribution < -0.4 is 10.2 Å². The number of carbonyl (C=O) groups is 1. The summed E-state index contributed by atoms with van der Waals surface area (Å²) in [5, 5.41) is 2.97. The van der Waals surface area contributed by atoms with E-state index in [-0.39, 0.29) is 5.91 Å². The van der Waals surface area contributed by atoms with Crippen LogP contribution in [0.25, 0.3) is 5.65 Å². The van der Waals surface area contributed by atoms with E-state index in [0.29, 0.717) is 13.0 Å². The fourth-order valence-corrected chi connectivity index (χ4v) is 4.01. The minimum atomic E-state index is 0.0600. The van der Waals surface area contributed by atoms with Gasteiger partial charge in [0, 0.05) is 56.2 Å². The van der Waals surface area contributed by atoms with Crippen LogP contribution in [0, 0.1) is 0 Å². The lowest BCUT2D eigenvalue weighted by Gasteiger charge is -2.27. The van der Waals surface area contributed by atoms with Crippen LogP contribution in [0.4, 0.5) is 5.82 Å². The minimum absolute atomic E-state index is 0.0600. The van der Waals surface area contributed by atoms with Crippen LogP contribution in [-0.2, 0) is 21.8 Å². The first kappa shape index (κ1) is 19.7. The van der Waals surface area contributed by atoms with Crippen molar-refractivity contribution in [3.05, 3.63) is 60.2 Å². The topological polar surface area (TPSA) is 71.8 Å². The van der Waals surface area contributed by atoms with Gasteiger partial charge in [-0.05, 0) is 23.8 Å². The van der Waals surface area contributed by atoms with Crippen LogP contribution in [0.3, 0.4) is 0 Å². The molecular weight excluding hydrogens is 386 g/mol. The molecule has 0 bridgehead atoms. The molecule has 0 aliphatic carbocycles. The van der Waals surface area contributed by atoms with Gasteiger partial charge in [0.15, 0.2) is 0 Å². The molecule has 1 fully saturated rings. The van der Waals surface area contributed by atoms with Gasteiger partial charge in [-0.1, -0.05) is 12.1 Å². The molecule has 3 aromatic rings. The van der Waals surface area contributed by atoms with Gasteiger partial charge < -0.3 is 19.4 Å². The van der Waals surface area contributed by atoms with Crippen molar-refractivity contribution in [2.45, 2.75) is 18.7 Å². The Morgan fingerprint density at radius 2 is 2.10 bits per heavy atom. The second-order valence-electron chi connectivity index (χ2n) is 6.90. The van der Waals surface area contributed by atoms with Gasteiger partial charge in [0.2, 0.25) is 5.91 Å². The average Bonchev–Trinajstić information content (AvgIpc) is 3.19. The quantitative estimate of drug-likeness (QED) is 0.575. The molecule has 4 heterocycles. The van der Waals surface area contributed by atoms with Crippen LogP contribution in [0.15, 0.2) is 48.9 Å². The van der Waals surface area contributed by atoms with E-state index in [9.17, 15) is 4.79 Å². The maximum atomic E-state index is 12.1. The third kappa shape index (κ3) is 5.48. The zero-order chi connectivity index (χ0) is 19.9. The summed E-state index contributed by atoms with van der Waals surface area (Å²) in [6, 6.07) is 9.99. The molecule has 29 heavy (non-hydrogen) atoms. The number of rotatable bonds is 8. The number of amides is 1. The number of carbonyl (C=O) groups excluding carboxylic acids is 1. The molecule has 4 rings (SSSR count). The summed E-state index contributed by atoms with van der Waals surface area (Å²) in [6.45, 7) is 3.74. The molecule has 0 unspecified atom stereocenters. The average molecular weight is 412 g/mol. The van der Waals surface area contributed by atoms with Gasteiger partial charge >= 0.3 is 0 Å². The third-order valence-corrected chi connectivity index (χ3v) is 5.76. The predicted octanol–water partition coefficient (Wildman–Crippen LogP) is 2.51. The molecule has 7 nitrogen and oxygen atoms in total. The highest BCUT2D eigenvalue weighted by Gasteiger charge is 2.12. The molecule has 3 aromatic heterocycles. The number of aromatic nitrogens is 3. The Morgan fingerprint density at radius 3 is 2.90 bits per heavy atom. The van der Waals surface area contributed by atoms with Gasteiger partial charge in [0.1, 0.15) is 11.5 Å². The van der Waals surface area contributed by atoms with E-state index in [4.69, 9.17) is 4.74 Å². The van der Waals surface area contributed by atoms with E-state index >= 15 is 0 Å². The molecule has 1 saturated heterocycles. The number of nitrogens with zero attached hydrogens (tertiary/aromatic N) is 4. The van der Waals surface area contributed by atoms with E-state index in [1.165, 1.54) is 0 Å². The minimum Gasteiger partial charge on any atom is -0.378 e. The number of imidazole rings is 1. The van der Waals surface area contributed by atoms with E-state index in [1.807, 2.05) is 53.3 Å². The largest absolute Gasteiger partial charge is 0.378 e. The van der Waals surface area contributed by atoms with Crippen LogP contribution in [0.5, 0.6) is 0 Å². The molecule has 1 amide bonds. The van der Waals surface area contributed by atoms with Crippen molar-refractivity contribution in [2.24, 2.45) is 0 Å². The number of ether oxygens (including phenoxy) is 1. The Labute approximate surface area is 174 Å². The number of hydrogen-bond acceptors (Lipinski definition) is 6. The predicted molar refractivity (Wildman–Crippen MR) is 115 cm³/mol. The van der Waals surface area contributed by atoms with Gasteiger partial charge in [-0.15, -0.1) is 0 Å². The SMILES string of the molecule is O=C(CCSCc1cn2ccccc2n1)NCc1ccc(N2CCOCC2)nc1. The maximum Gasteiger partial charge on any atom is 0.221 e. The monoisotopic (exact) mass is 411 g/mol. The highest BCUT2D eigenvalue weighted by molar-refractivity contribution is 7.98. The van der Waals surface area contributed by atoms with Crippen molar-refractivity contribution < 1.29 is 9.53 Å². The highest BCUT2D eigenvalue weighted by atomic mass is 32.2.